The number of primary amides is 1. The normalized spacial score (nSPS) is 11.8. The molecule has 1 unspecified atom stereocenters. The molecule has 0 saturated carbocycles. The lowest BCUT2D eigenvalue weighted by Gasteiger charge is -2.19. The second-order valence-electron chi connectivity index (χ2n) is 4.47. The maximum Gasteiger partial charge on any atom is 0.320 e. The van der Waals surface area contributed by atoms with Gasteiger partial charge in [0.25, 0.3) is 5.91 Å². The molecule has 1 atom stereocenters. The molecule has 0 aliphatic rings. The van der Waals surface area contributed by atoms with Gasteiger partial charge in [0.2, 0.25) is 5.91 Å². The summed E-state index contributed by atoms with van der Waals surface area (Å²) in [4.78, 5) is 34.6. The van der Waals surface area contributed by atoms with Gasteiger partial charge in [0.15, 0.2) is 0 Å². The van der Waals surface area contributed by atoms with Crippen LogP contribution in [-0.4, -0.2) is 30.9 Å². The van der Waals surface area contributed by atoms with E-state index in [0.717, 1.165) is 0 Å². The topological polar surface area (TPSA) is 113 Å². The molecule has 1 rings (SSSR count). The van der Waals surface area contributed by atoms with E-state index in [2.05, 4.69) is 16.0 Å². The van der Waals surface area contributed by atoms with Crippen molar-refractivity contribution in [2.75, 3.05) is 12.4 Å². The molecule has 0 aliphatic heterocycles. The first-order chi connectivity index (χ1) is 9.36. The minimum absolute atomic E-state index is 0.125. The molecule has 5 N–H and O–H groups in total. The van der Waals surface area contributed by atoms with Gasteiger partial charge >= 0.3 is 6.03 Å². The summed E-state index contributed by atoms with van der Waals surface area (Å²) in [5.41, 5.74) is 5.58. The molecule has 0 aromatic carbocycles. The van der Waals surface area contributed by atoms with Gasteiger partial charge in [0.1, 0.15) is 11.0 Å². The highest BCUT2D eigenvalue weighted by molar-refractivity contribution is 7.14. The van der Waals surface area contributed by atoms with Crippen LogP contribution in [0.2, 0.25) is 0 Å². The van der Waals surface area contributed by atoms with Crippen molar-refractivity contribution < 1.29 is 14.4 Å². The molecule has 0 saturated heterocycles. The van der Waals surface area contributed by atoms with Crippen molar-refractivity contribution >= 4 is 34.2 Å². The number of amides is 4. The zero-order valence-corrected chi connectivity index (χ0v) is 12.3. The number of carbonyl (C=O) groups excluding carboxylic acids is 3. The van der Waals surface area contributed by atoms with Crippen LogP contribution in [0.4, 0.5) is 9.80 Å². The van der Waals surface area contributed by atoms with Crippen LogP contribution in [0.5, 0.6) is 0 Å². The lowest BCUT2D eigenvalue weighted by molar-refractivity contribution is -0.120. The summed E-state index contributed by atoms with van der Waals surface area (Å²) in [5, 5.41) is 9.61. The van der Waals surface area contributed by atoms with E-state index in [9.17, 15) is 14.4 Å². The monoisotopic (exact) mass is 298 g/mol. The van der Waals surface area contributed by atoms with Crippen LogP contribution in [0.3, 0.4) is 0 Å². The van der Waals surface area contributed by atoms with Crippen LogP contribution in [-0.2, 0) is 4.79 Å². The summed E-state index contributed by atoms with van der Waals surface area (Å²) in [7, 11) is 1.51. The third-order valence-corrected chi connectivity index (χ3v) is 3.45. The van der Waals surface area contributed by atoms with Crippen LogP contribution >= 0.6 is 11.3 Å². The molecule has 7 nitrogen and oxygen atoms in total. The van der Waals surface area contributed by atoms with E-state index < -0.39 is 18.0 Å². The predicted molar refractivity (Wildman–Crippen MR) is 77.7 cm³/mol. The standard InChI is InChI=1S/C12H18N4O3S/c1-6(2)8(9(13)17)15-12(19)16-11-7(4-5-20-11)10(18)14-3/h4-6,8H,1-3H3,(H2,13,17)(H,14,18)(H2,15,16,19). The fraction of sp³-hybridized carbons (Fsp3) is 0.417. The molecule has 4 amide bonds. The van der Waals surface area contributed by atoms with Crippen LogP contribution in [0.25, 0.3) is 0 Å². The van der Waals surface area contributed by atoms with E-state index in [1.54, 1.807) is 25.3 Å². The van der Waals surface area contributed by atoms with E-state index in [-0.39, 0.29) is 11.8 Å². The zero-order chi connectivity index (χ0) is 15.3. The van der Waals surface area contributed by atoms with Gasteiger partial charge in [-0.15, -0.1) is 11.3 Å². The van der Waals surface area contributed by atoms with Crippen molar-refractivity contribution in [3.63, 3.8) is 0 Å². The number of hydrogen-bond donors (Lipinski definition) is 4. The van der Waals surface area contributed by atoms with E-state index >= 15 is 0 Å². The average molecular weight is 298 g/mol. The molecule has 1 heterocycles. The summed E-state index contributed by atoms with van der Waals surface area (Å²) in [6, 6.07) is 0.265. The molecule has 110 valence electrons. The van der Waals surface area contributed by atoms with Crippen molar-refractivity contribution in [3.05, 3.63) is 17.0 Å². The SMILES string of the molecule is CNC(=O)c1ccsc1NC(=O)NC(C(N)=O)C(C)C. The molecule has 1 aromatic heterocycles. The molecule has 8 heteroatoms. The van der Waals surface area contributed by atoms with Gasteiger partial charge in [-0.1, -0.05) is 13.8 Å². The summed E-state index contributed by atoms with van der Waals surface area (Å²) >= 11 is 1.22. The zero-order valence-electron chi connectivity index (χ0n) is 11.5. The Morgan fingerprint density at radius 1 is 1.30 bits per heavy atom. The maximum atomic E-state index is 11.8. The summed E-state index contributed by atoms with van der Waals surface area (Å²) in [6.07, 6.45) is 0. The number of carbonyl (C=O) groups is 3. The third-order valence-electron chi connectivity index (χ3n) is 2.62. The lowest BCUT2D eigenvalue weighted by Crippen LogP contribution is -2.49. The van der Waals surface area contributed by atoms with Crippen molar-refractivity contribution in [3.8, 4) is 0 Å². The van der Waals surface area contributed by atoms with Gasteiger partial charge < -0.3 is 16.4 Å². The van der Waals surface area contributed by atoms with Crippen molar-refractivity contribution in [2.45, 2.75) is 19.9 Å². The predicted octanol–water partition coefficient (Wildman–Crippen LogP) is 0.739. The van der Waals surface area contributed by atoms with Crippen LogP contribution in [0.1, 0.15) is 24.2 Å². The molecule has 0 spiro atoms. The van der Waals surface area contributed by atoms with Gasteiger partial charge in [-0.3, -0.25) is 14.9 Å². The Hall–Kier alpha value is -2.09. The Morgan fingerprint density at radius 2 is 1.95 bits per heavy atom. The number of anilines is 1. The van der Waals surface area contributed by atoms with Crippen molar-refractivity contribution in [1.82, 2.24) is 10.6 Å². The Kier molecular flexibility index (Phi) is 5.51. The van der Waals surface area contributed by atoms with Crippen LogP contribution in [0.15, 0.2) is 11.4 Å². The number of urea groups is 1. The summed E-state index contributed by atoms with van der Waals surface area (Å²) in [5.74, 6) is -1.02. The van der Waals surface area contributed by atoms with Crippen molar-refractivity contribution in [1.29, 1.82) is 0 Å². The largest absolute Gasteiger partial charge is 0.368 e. The fourth-order valence-electron chi connectivity index (χ4n) is 1.57. The second kappa shape index (κ2) is 6.90. The van der Waals surface area contributed by atoms with Gasteiger partial charge in [0.05, 0.1) is 5.56 Å². The van der Waals surface area contributed by atoms with Gasteiger partial charge in [0, 0.05) is 7.05 Å². The van der Waals surface area contributed by atoms with Gasteiger partial charge in [-0.25, -0.2) is 4.79 Å². The highest BCUT2D eigenvalue weighted by atomic mass is 32.1. The number of thiophene rings is 1. The van der Waals surface area contributed by atoms with Crippen molar-refractivity contribution in [2.24, 2.45) is 11.7 Å². The quantitative estimate of drug-likeness (QED) is 0.643. The van der Waals surface area contributed by atoms with Crippen LogP contribution in [0, 0.1) is 5.92 Å². The maximum absolute atomic E-state index is 11.8. The summed E-state index contributed by atoms with van der Waals surface area (Å²) in [6.45, 7) is 3.55. The molecular formula is C12H18N4O3S. The van der Waals surface area contributed by atoms with E-state index in [1.165, 1.54) is 18.4 Å². The third kappa shape index (κ3) is 3.95. The van der Waals surface area contributed by atoms with Gasteiger partial charge in [-0.2, -0.15) is 0 Å². The number of nitrogens with two attached hydrogens (primary N) is 1. The minimum Gasteiger partial charge on any atom is -0.368 e. The van der Waals surface area contributed by atoms with Crippen LogP contribution < -0.4 is 21.7 Å². The first-order valence-electron chi connectivity index (χ1n) is 6.03. The lowest BCUT2D eigenvalue weighted by atomic mass is 10.0. The Morgan fingerprint density at radius 3 is 2.45 bits per heavy atom. The summed E-state index contributed by atoms with van der Waals surface area (Å²) < 4.78 is 0. The van der Waals surface area contributed by atoms with E-state index in [0.29, 0.717) is 10.6 Å². The molecule has 20 heavy (non-hydrogen) atoms. The fourth-order valence-corrected chi connectivity index (χ4v) is 2.35. The smallest absolute Gasteiger partial charge is 0.320 e. The average Bonchev–Trinajstić information content (AvgIpc) is 2.82. The molecule has 0 fully saturated rings. The second-order valence-corrected chi connectivity index (χ2v) is 5.38. The Balaban J connectivity index is 2.74. The number of rotatable bonds is 5. The molecule has 0 radical (unpaired) electrons. The molecular weight excluding hydrogens is 280 g/mol. The highest BCUT2D eigenvalue weighted by Gasteiger charge is 2.22. The van der Waals surface area contributed by atoms with Gasteiger partial charge in [-0.05, 0) is 17.4 Å². The number of nitrogens with one attached hydrogen (secondary N) is 3. The highest BCUT2D eigenvalue weighted by Crippen LogP contribution is 2.22. The molecule has 1 aromatic rings. The first-order valence-corrected chi connectivity index (χ1v) is 6.91. The molecule has 0 bridgehead atoms. The Bertz CT molecular complexity index is 513. The Labute approximate surface area is 120 Å². The van der Waals surface area contributed by atoms with E-state index in [1.807, 2.05) is 0 Å². The molecule has 0 aliphatic carbocycles. The first kappa shape index (κ1) is 16.0. The minimum atomic E-state index is -0.765. The van der Waals surface area contributed by atoms with E-state index in [4.69, 9.17) is 5.73 Å². The number of hydrogen-bond acceptors (Lipinski definition) is 4.